The highest BCUT2D eigenvalue weighted by molar-refractivity contribution is 7.90. The van der Waals surface area contributed by atoms with E-state index in [2.05, 4.69) is 4.98 Å². The minimum Gasteiger partial charge on any atom is -0.299 e. The maximum Gasteiger partial charge on any atom is 0.318 e. The van der Waals surface area contributed by atoms with Gasteiger partial charge in [0.05, 0.1) is 4.90 Å². The van der Waals surface area contributed by atoms with E-state index < -0.39 is 28.1 Å². The number of hydrogen-bond acceptors (Lipinski definition) is 3. The van der Waals surface area contributed by atoms with E-state index in [0.717, 1.165) is 12.5 Å². The molecule has 0 unspecified atom stereocenters. The topological polar surface area (TPSA) is 52.0 Å². The quantitative estimate of drug-likeness (QED) is 0.612. The number of imidazole rings is 1. The second-order valence-electron chi connectivity index (χ2n) is 6.07. The van der Waals surface area contributed by atoms with Gasteiger partial charge in [0.2, 0.25) is 0 Å². The van der Waals surface area contributed by atoms with E-state index in [1.807, 2.05) is 6.92 Å². The van der Waals surface area contributed by atoms with Crippen LogP contribution in [0.4, 0.5) is 13.2 Å². The molecule has 0 spiro atoms. The van der Waals surface area contributed by atoms with Gasteiger partial charge in [0.25, 0.3) is 0 Å². The van der Waals surface area contributed by atoms with Gasteiger partial charge in [0.1, 0.15) is 11.5 Å². The van der Waals surface area contributed by atoms with E-state index >= 15 is 0 Å². The van der Waals surface area contributed by atoms with Crippen LogP contribution in [0.1, 0.15) is 25.4 Å². The largest absolute Gasteiger partial charge is 0.318 e. The highest BCUT2D eigenvalue weighted by Crippen LogP contribution is 2.31. The Hall–Kier alpha value is -2.61. The van der Waals surface area contributed by atoms with E-state index in [1.165, 1.54) is 28.8 Å². The minimum absolute atomic E-state index is 0.102. The van der Waals surface area contributed by atoms with E-state index in [9.17, 15) is 21.6 Å². The number of benzene rings is 1. The second kappa shape index (κ2) is 8.60. The number of alkyl halides is 3. The molecule has 0 atom stereocenters. The van der Waals surface area contributed by atoms with Crippen LogP contribution in [0.25, 0.3) is 11.3 Å². The SMILES string of the molecule is C\C=C/C=C(\C=C\C)c1nc(C(F)(F)CF)cn1-c1ccc(S(C)(=O)=O)cc1. The van der Waals surface area contributed by atoms with Crippen molar-refractivity contribution in [2.24, 2.45) is 0 Å². The van der Waals surface area contributed by atoms with Crippen LogP contribution in [-0.2, 0) is 15.8 Å². The molecular formula is C20H21F3N2O2S. The average Bonchev–Trinajstić information content (AvgIpc) is 3.10. The summed E-state index contributed by atoms with van der Waals surface area (Å²) in [4.78, 5) is 4.08. The zero-order chi connectivity index (χ0) is 20.9. The molecule has 0 aliphatic carbocycles. The first-order valence-electron chi connectivity index (χ1n) is 8.44. The molecule has 2 rings (SSSR count). The van der Waals surface area contributed by atoms with Crippen LogP contribution in [0.15, 0.2) is 65.7 Å². The lowest BCUT2D eigenvalue weighted by Gasteiger charge is -2.09. The molecule has 28 heavy (non-hydrogen) atoms. The van der Waals surface area contributed by atoms with Crippen molar-refractivity contribution in [3.8, 4) is 5.69 Å². The zero-order valence-electron chi connectivity index (χ0n) is 15.7. The Morgan fingerprint density at radius 3 is 2.32 bits per heavy atom. The van der Waals surface area contributed by atoms with Gasteiger partial charge >= 0.3 is 5.92 Å². The van der Waals surface area contributed by atoms with Crippen LogP contribution in [0, 0.1) is 0 Å². The fourth-order valence-electron chi connectivity index (χ4n) is 2.46. The molecular weight excluding hydrogens is 389 g/mol. The summed E-state index contributed by atoms with van der Waals surface area (Å²) in [5, 5.41) is 0. The van der Waals surface area contributed by atoms with Crippen molar-refractivity contribution in [2.75, 3.05) is 12.9 Å². The van der Waals surface area contributed by atoms with Gasteiger partial charge in [-0.1, -0.05) is 30.4 Å². The van der Waals surface area contributed by atoms with Crippen LogP contribution in [0.5, 0.6) is 0 Å². The van der Waals surface area contributed by atoms with Crippen LogP contribution >= 0.6 is 0 Å². The molecule has 2 aromatic rings. The van der Waals surface area contributed by atoms with Gasteiger partial charge in [-0.05, 0) is 38.1 Å². The van der Waals surface area contributed by atoms with Gasteiger partial charge in [-0.2, -0.15) is 8.78 Å². The van der Waals surface area contributed by atoms with E-state index in [4.69, 9.17) is 0 Å². The highest BCUT2D eigenvalue weighted by Gasteiger charge is 2.36. The molecule has 8 heteroatoms. The Bertz CT molecular complexity index is 1020. The first kappa shape index (κ1) is 21.7. The molecule has 1 aromatic heterocycles. The summed E-state index contributed by atoms with van der Waals surface area (Å²) in [6, 6.07) is 5.74. The number of allylic oxidation sites excluding steroid dienone is 6. The number of aromatic nitrogens is 2. The van der Waals surface area contributed by atoms with Crippen molar-refractivity contribution in [2.45, 2.75) is 24.7 Å². The molecule has 0 N–H and O–H groups in total. The minimum atomic E-state index is -3.73. The van der Waals surface area contributed by atoms with Crippen LogP contribution < -0.4 is 0 Å². The lowest BCUT2D eigenvalue weighted by atomic mass is 10.2. The lowest BCUT2D eigenvalue weighted by Crippen LogP contribution is -2.16. The maximum absolute atomic E-state index is 13.9. The van der Waals surface area contributed by atoms with Crippen molar-refractivity contribution in [1.29, 1.82) is 0 Å². The smallest absolute Gasteiger partial charge is 0.299 e. The third-order valence-corrected chi connectivity index (χ3v) is 4.99. The molecule has 1 aromatic carbocycles. The summed E-state index contributed by atoms with van der Waals surface area (Å²) in [7, 11) is -3.40. The van der Waals surface area contributed by atoms with Gasteiger partial charge in [0.15, 0.2) is 16.5 Å². The standard InChI is InChI=1S/C20H21F3N2O2S/c1-4-6-8-15(7-5-2)19-24-18(20(22,23)14-21)13-25(19)16-9-11-17(12-10-16)28(3,26)27/h4-13H,14H2,1-3H3/b6-4-,7-5+,15-8+. The molecule has 0 aliphatic rings. The monoisotopic (exact) mass is 410 g/mol. The van der Waals surface area contributed by atoms with Crippen LogP contribution in [-0.4, -0.2) is 30.9 Å². The molecule has 0 aliphatic heterocycles. The van der Waals surface area contributed by atoms with Crippen molar-refractivity contribution >= 4 is 15.4 Å². The fraction of sp³-hybridized carbons (Fsp3) is 0.250. The lowest BCUT2D eigenvalue weighted by molar-refractivity contribution is -0.0318. The molecule has 0 fully saturated rings. The average molecular weight is 410 g/mol. The molecule has 0 bridgehead atoms. The summed E-state index contributed by atoms with van der Waals surface area (Å²) < 4.78 is 65.4. The molecule has 1 heterocycles. The summed E-state index contributed by atoms with van der Waals surface area (Å²) in [5.41, 5.74) is 0.258. The third kappa shape index (κ3) is 4.81. The van der Waals surface area contributed by atoms with E-state index in [1.54, 1.807) is 37.3 Å². The molecule has 0 saturated carbocycles. The number of nitrogens with zero attached hydrogens (tertiary/aromatic N) is 2. The van der Waals surface area contributed by atoms with Gasteiger partial charge in [-0.15, -0.1) is 0 Å². The fourth-order valence-corrected chi connectivity index (χ4v) is 3.09. The maximum atomic E-state index is 13.9. The molecule has 4 nitrogen and oxygen atoms in total. The molecule has 0 saturated heterocycles. The zero-order valence-corrected chi connectivity index (χ0v) is 16.6. The summed E-state index contributed by atoms with van der Waals surface area (Å²) >= 11 is 0. The van der Waals surface area contributed by atoms with E-state index in [0.29, 0.717) is 11.3 Å². The van der Waals surface area contributed by atoms with Crippen molar-refractivity contribution < 1.29 is 21.6 Å². The second-order valence-corrected chi connectivity index (χ2v) is 8.09. The number of halogens is 3. The normalized spacial score (nSPS) is 13.7. The summed E-state index contributed by atoms with van der Waals surface area (Å²) in [6.07, 6.45) is 10.8. The predicted octanol–water partition coefficient (Wildman–Crippen LogP) is 4.87. The predicted molar refractivity (Wildman–Crippen MR) is 104 cm³/mol. The Labute approximate surface area is 162 Å². The number of hydrogen-bond donors (Lipinski definition) is 0. The number of sulfone groups is 1. The number of rotatable bonds is 7. The Balaban J connectivity index is 2.71. The van der Waals surface area contributed by atoms with Crippen LogP contribution in [0.3, 0.4) is 0 Å². The third-order valence-electron chi connectivity index (χ3n) is 3.86. The Morgan fingerprint density at radius 2 is 1.82 bits per heavy atom. The van der Waals surface area contributed by atoms with Gasteiger partial charge < -0.3 is 0 Å². The molecule has 0 amide bonds. The Morgan fingerprint density at radius 1 is 1.18 bits per heavy atom. The van der Waals surface area contributed by atoms with Gasteiger partial charge in [-0.3, -0.25) is 4.57 Å². The summed E-state index contributed by atoms with van der Waals surface area (Å²) in [5.74, 6) is -3.54. The van der Waals surface area contributed by atoms with Crippen molar-refractivity contribution in [3.05, 3.63) is 72.4 Å². The van der Waals surface area contributed by atoms with E-state index in [-0.39, 0.29) is 10.7 Å². The van der Waals surface area contributed by atoms with Crippen molar-refractivity contribution in [3.63, 3.8) is 0 Å². The van der Waals surface area contributed by atoms with Gasteiger partial charge in [-0.25, -0.2) is 17.8 Å². The first-order valence-corrected chi connectivity index (χ1v) is 10.3. The summed E-state index contributed by atoms with van der Waals surface area (Å²) in [6.45, 7) is 1.71. The van der Waals surface area contributed by atoms with Crippen LogP contribution in [0.2, 0.25) is 0 Å². The van der Waals surface area contributed by atoms with Gasteiger partial charge in [0, 0.05) is 23.7 Å². The first-order chi connectivity index (χ1) is 13.1. The van der Waals surface area contributed by atoms with Crippen molar-refractivity contribution in [1.82, 2.24) is 9.55 Å². The molecule has 150 valence electrons. The highest BCUT2D eigenvalue weighted by atomic mass is 32.2. The molecule has 0 radical (unpaired) electrons. The Kier molecular flexibility index (Phi) is 6.66.